The van der Waals surface area contributed by atoms with Crippen LogP contribution in [-0.2, 0) is 6.54 Å². The number of amides is 1. The molecule has 0 aliphatic heterocycles. The summed E-state index contributed by atoms with van der Waals surface area (Å²) >= 11 is 7.68. The number of aryl methyl sites for hydroxylation is 1. The van der Waals surface area contributed by atoms with Crippen molar-refractivity contribution in [3.8, 4) is 5.75 Å². The maximum atomic E-state index is 13.5. The number of aromatic nitrogens is 2. The standard InChI is InChI=1S/C24H22ClN3O2S/c1-15(2)30-20-8-6-18(7-9-20)23(29)28(14-17-5-4-10-26-13-17)24-27-22-16(3)11-19(25)12-21(22)31-24/h4-13,15H,14H2,1-3H3. The van der Waals surface area contributed by atoms with E-state index in [0.29, 0.717) is 22.3 Å². The average molecular weight is 452 g/mol. The Morgan fingerprint density at radius 2 is 1.97 bits per heavy atom. The maximum Gasteiger partial charge on any atom is 0.260 e. The van der Waals surface area contributed by atoms with E-state index in [4.69, 9.17) is 21.3 Å². The van der Waals surface area contributed by atoms with Crippen LogP contribution in [0.15, 0.2) is 60.9 Å². The van der Waals surface area contributed by atoms with E-state index in [1.807, 2.05) is 57.2 Å². The van der Waals surface area contributed by atoms with Crippen LogP contribution in [0.4, 0.5) is 5.13 Å². The highest BCUT2D eigenvalue weighted by atomic mass is 35.5. The highest BCUT2D eigenvalue weighted by Gasteiger charge is 2.22. The summed E-state index contributed by atoms with van der Waals surface area (Å²) in [6.45, 7) is 6.27. The van der Waals surface area contributed by atoms with Gasteiger partial charge in [-0.15, -0.1) is 0 Å². The SMILES string of the molecule is Cc1cc(Cl)cc2sc(N(Cc3cccnc3)C(=O)c3ccc(OC(C)C)cc3)nc12. The second-order valence-corrected chi connectivity index (χ2v) is 8.95. The third kappa shape index (κ3) is 4.86. The summed E-state index contributed by atoms with van der Waals surface area (Å²) in [5.41, 5.74) is 3.32. The number of ether oxygens (including phenoxy) is 1. The van der Waals surface area contributed by atoms with Crippen molar-refractivity contribution < 1.29 is 9.53 Å². The average Bonchev–Trinajstić information content (AvgIpc) is 3.16. The van der Waals surface area contributed by atoms with Gasteiger partial charge in [-0.25, -0.2) is 4.98 Å². The van der Waals surface area contributed by atoms with Gasteiger partial charge in [0, 0.05) is 23.0 Å². The van der Waals surface area contributed by atoms with Crippen LogP contribution in [0.1, 0.15) is 35.3 Å². The molecule has 0 N–H and O–H groups in total. The van der Waals surface area contributed by atoms with Crippen LogP contribution in [0.5, 0.6) is 5.75 Å². The van der Waals surface area contributed by atoms with Crippen molar-refractivity contribution in [2.45, 2.75) is 33.4 Å². The topological polar surface area (TPSA) is 55.3 Å². The minimum absolute atomic E-state index is 0.0708. The number of hydrogen-bond acceptors (Lipinski definition) is 5. The lowest BCUT2D eigenvalue weighted by molar-refractivity contribution is 0.0985. The summed E-state index contributed by atoms with van der Waals surface area (Å²) in [4.78, 5) is 24.2. The first kappa shape index (κ1) is 21.3. The summed E-state index contributed by atoms with van der Waals surface area (Å²) in [5, 5.41) is 1.28. The van der Waals surface area contributed by atoms with Crippen molar-refractivity contribution in [2.75, 3.05) is 4.90 Å². The van der Waals surface area contributed by atoms with Crippen molar-refractivity contribution in [1.82, 2.24) is 9.97 Å². The highest BCUT2D eigenvalue weighted by Crippen LogP contribution is 2.34. The van der Waals surface area contributed by atoms with Crippen LogP contribution in [0, 0.1) is 6.92 Å². The number of fused-ring (bicyclic) bond motifs is 1. The van der Waals surface area contributed by atoms with Gasteiger partial charge in [0.2, 0.25) is 0 Å². The quantitative estimate of drug-likeness (QED) is 0.345. The van der Waals surface area contributed by atoms with Gasteiger partial charge in [0.05, 0.1) is 22.9 Å². The lowest BCUT2D eigenvalue weighted by atomic mass is 10.1. The van der Waals surface area contributed by atoms with Crippen LogP contribution >= 0.6 is 22.9 Å². The summed E-state index contributed by atoms with van der Waals surface area (Å²) < 4.78 is 6.65. The Kier molecular flexibility index (Phi) is 6.20. The minimum Gasteiger partial charge on any atom is -0.491 e. The largest absolute Gasteiger partial charge is 0.491 e. The van der Waals surface area contributed by atoms with E-state index in [1.165, 1.54) is 11.3 Å². The first-order valence-electron chi connectivity index (χ1n) is 9.95. The number of carbonyl (C=O) groups is 1. The normalized spacial score (nSPS) is 11.1. The van der Waals surface area contributed by atoms with Crippen molar-refractivity contribution >= 4 is 44.2 Å². The molecule has 0 fully saturated rings. The number of benzene rings is 2. The molecular formula is C24H22ClN3O2S. The molecule has 0 bridgehead atoms. The summed E-state index contributed by atoms with van der Waals surface area (Å²) in [6.07, 6.45) is 3.54. The molecule has 2 heterocycles. The van der Waals surface area contributed by atoms with E-state index in [2.05, 4.69) is 4.98 Å². The van der Waals surface area contributed by atoms with Gasteiger partial charge in [-0.3, -0.25) is 14.7 Å². The van der Waals surface area contributed by atoms with Crippen molar-refractivity contribution in [1.29, 1.82) is 0 Å². The fourth-order valence-corrected chi connectivity index (χ4v) is 4.68. The van der Waals surface area contributed by atoms with E-state index >= 15 is 0 Å². The molecule has 4 aromatic rings. The van der Waals surface area contributed by atoms with Crippen LogP contribution in [0.2, 0.25) is 5.02 Å². The monoisotopic (exact) mass is 451 g/mol. The van der Waals surface area contributed by atoms with Gasteiger partial charge in [-0.1, -0.05) is 29.0 Å². The van der Waals surface area contributed by atoms with Gasteiger partial charge in [-0.05, 0) is 74.4 Å². The molecule has 2 aromatic heterocycles. The lowest BCUT2D eigenvalue weighted by Crippen LogP contribution is -2.30. The van der Waals surface area contributed by atoms with Gasteiger partial charge >= 0.3 is 0 Å². The Hall–Kier alpha value is -2.96. The highest BCUT2D eigenvalue weighted by molar-refractivity contribution is 7.22. The minimum atomic E-state index is -0.136. The van der Waals surface area contributed by atoms with Gasteiger partial charge in [-0.2, -0.15) is 0 Å². The number of thiazole rings is 1. The zero-order valence-electron chi connectivity index (χ0n) is 17.5. The van der Waals surface area contributed by atoms with Crippen molar-refractivity contribution in [3.05, 3.63) is 82.6 Å². The van der Waals surface area contributed by atoms with Crippen LogP contribution in [0.3, 0.4) is 0 Å². The van der Waals surface area contributed by atoms with Gasteiger partial charge in [0.1, 0.15) is 5.75 Å². The number of nitrogens with zero attached hydrogens (tertiary/aromatic N) is 3. The second kappa shape index (κ2) is 9.04. The maximum absolute atomic E-state index is 13.5. The van der Waals surface area contributed by atoms with Crippen LogP contribution in [0.25, 0.3) is 10.2 Å². The fourth-order valence-electron chi connectivity index (χ4n) is 3.26. The van der Waals surface area contributed by atoms with Crippen LogP contribution < -0.4 is 9.64 Å². The van der Waals surface area contributed by atoms with Crippen molar-refractivity contribution in [2.24, 2.45) is 0 Å². The molecule has 0 spiro atoms. The zero-order valence-corrected chi connectivity index (χ0v) is 19.1. The number of pyridine rings is 1. The Labute approximate surface area is 190 Å². The van der Waals surface area contributed by atoms with Crippen molar-refractivity contribution in [3.63, 3.8) is 0 Å². The Bertz CT molecular complexity index is 1210. The van der Waals surface area contributed by atoms with Gasteiger partial charge in [0.15, 0.2) is 5.13 Å². The smallest absolute Gasteiger partial charge is 0.260 e. The predicted octanol–water partition coefficient (Wildman–Crippen LogP) is 6.29. The number of carbonyl (C=O) groups excluding carboxylic acids is 1. The lowest BCUT2D eigenvalue weighted by Gasteiger charge is -2.20. The summed E-state index contributed by atoms with van der Waals surface area (Å²) in [6, 6.07) is 14.8. The Morgan fingerprint density at radius 3 is 2.65 bits per heavy atom. The Morgan fingerprint density at radius 1 is 1.19 bits per heavy atom. The molecule has 4 rings (SSSR count). The molecule has 0 saturated carbocycles. The molecule has 0 saturated heterocycles. The third-order valence-corrected chi connectivity index (χ3v) is 5.90. The van der Waals surface area contributed by atoms with Crippen LogP contribution in [-0.4, -0.2) is 22.0 Å². The predicted molar refractivity (Wildman–Crippen MR) is 126 cm³/mol. The fraction of sp³-hybridized carbons (Fsp3) is 0.208. The third-order valence-electron chi connectivity index (χ3n) is 4.65. The molecule has 5 nitrogen and oxygen atoms in total. The first-order valence-corrected chi connectivity index (χ1v) is 11.1. The molecule has 0 unspecified atom stereocenters. The molecule has 1 amide bonds. The van der Waals surface area contributed by atoms with E-state index in [1.54, 1.807) is 29.4 Å². The van der Waals surface area contributed by atoms with E-state index in [-0.39, 0.29) is 12.0 Å². The van der Waals surface area contributed by atoms with E-state index in [0.717, 1.165) is 27.1 Å². The van der Waals surface area contributed by atoms with E-state index < -0.39 is 0 Å². The number of hydrogen-bond donors (Lipinski definition) is 0. The molecule has 7 heteroatoms. The summed E-state index contributed by atoms with van der Waals surface area (Å²) in [7, 11) is 0. The number of anilines is 1. The van der Waals surface area contributed by atoms with Gasteiger partial charge < -0.3 is 4.74 Å². The number of halogens is 1. The Balaban J connectivity index is 1.72. The molecule has 0 radical (unpaired) electrons. The van der Waals surface area contributed by atoms with E-state index in [9.17, 15) is 4.79 Å². The second-order valence-electron chi connectivity index (χ2n) is 7.51. The molecule has 31 heavy (non-hydrogen) atoms. The molecule has 158 valence electrons. The summed E-state index contributed by atoms with van der Waals surface area (Å²) in [5.74, 6) is 0.596. The van der Waals surface area contributed by atoms with Gasteiger partial charge in [0.25, 0.3) is 5.91 Å². The molecule has 2 aromatic carbocycles. The molecule has 0 aliphatic carbocycles. The zero-order chi connectivity index (χ0) is 22.0. The molecular weight excluding hydrogens is 430 g/mol. The first-order chi connectivity index (χ1) is 14.9. The molecule has 0 aliphatic rings. The number of rotatable bonds is 6. The molecule has 0 atom stereocenters.